The Labute approximate surface area is 203 Å². The maximum Gasteiger partial charge on any atom is 0.240 e. The van der Waals surface area contributed by atoms with E-state index in [1.54, 1.807) is 6.21 Å². The van der Waals surface area contributed by atoms with Gasteiger partial charge in [0.15, 0.2) is 11.5 Å². The van der Waals surface area contributed by atoms with Crippen molar-refractivity contribution in [3.8, 4) is 17.2 Å². The van der Waals surface area contributed by atoms with Crippen molar-refractivity contribution in [1.29, 1.82) is 0 Å². The molecule has 0 saturated carbocycles. The average Bonchev–Trinajstić information content (AvgIpc) is 3.29. The minimum absolute atomic E-state index is 0.00990. The molecule has 3 rings (SSSR count). The number of fused-ring (bicyclic) bond motifs is 1. The van der Waals surface area contributed by atoms with Crippen LogP contribution in [-0.4, -0.2) is 25.5 Å². The lowest BCUT2D eigenvalue weighted by molar-refractivity contribution is -0.121. The van der Waals surface area contributed by atoms with E-state index in [4.69, 9.17) is 14.2 Å². The average molecular weight is 467 g/mol. The van der Waals surface area contributed by atoms with Crippen LogP contribution in [0.4, 0.5) is 0 Å². The number of hydrogen-bond donors (Lipinski definition) is 1. The summed E-state index contributed by atoms with van der Waals surface area (Å²) in [4.78, 5) is 12.2. The number of amides is 1. The number of rotatable bonds is 11. The Morgan fingerprint density at radius 3 is 2.50 bits per heavy atom. The molecule has 1 N–H and O–H groups in total. The highest BCUT2D eigenvalue weighted by Gasteiger charge is 2.26. The van der Waals surface area contributed by atoms with Crippen molar-refractivity contribution < 1.29 is 19.0 Å². The quantitative estimate of drug-likeness (QED) is 0.247. The van der Waals surface area contributed by atoms with E-state index in [1.807, 2.05) is 18.2 Å². The minimum Gasteiger partial charge on any atom is -0.493 e. The Morgan fingerprint density at radius 1 is 1.03 bits per heavy atom. The number of benzene rings is 2. The lowest BCUT2D eigenvalue weighted by Crippen LogP contribution is -2.21. The zero-order valence-electron chi connectivity index (χ0n) is 21.4. The number of ether oxygens (including phenoxy) is 3. The number of hydrogen-bond acceptors (Lipinski definition) is 5. The minimum atomic E-state index is -0.144. The first-order valence-electron chi connectivity index (χ1n) is 12.2. The third-order valence-corrected chi connectivity index (χ3v) is 6.86. The molecule has 1 aliphatic rings. The molecule has 2 aromatic carbocycles. The molecule has 6 heteroatoms. The fourth-order valence-corrected chi connectivity index (χ4v) is 3.64. The summed E-state index contributed by atoms with van der Waals surface area (Å²) in [5.41, 5.74) is 6.09. The Kier molecular flexibility index (Phi) is 8.24. The number of hydrazone groups is 1. The summed E-state index contributed by atoms with van der Waals surface area (Å²) in [5, 5.41) is 4.04. The van der Waals surface area contributed by atoms with Crippen LogP contribution in [0.3, 0.4) is 0 Å². The lowest BCUT2D eigenvalue weighted by atomic mass is 9.76. The maximum atomic E-state index is 12.2. The summed E-state index contributed by atoms with van der Waals surface area (Å²) in [5.74, 6) is 2.17. The largest absolute Gasteiger partial charge is 0.493 e. The molecule has 0 atom stereocenters. The van der Waals surface area contributed by atoms with Crippen LogP contribution in [0.25, 0.3) is 0 Å². The standard InChI is InChI=1S/C28H38N2O4/c1-7-27(3,4)21-12-14-23(22(17-21)28(5,6)8-2)32-15-9-10-26(31)30-29-18-20-11-13-24-25(16-20)34-19-33-24/h11-14,16-18H,7-10,15,19H2,1-6H3,(H,30,31)/b29-18+. The first kappa shape index (κ1) is 25.6. The highest BCUT2D eigenvalue weighted by molar-refractivity contribution is 5.83. The number of nitrogens with zero attached hydrogens (tertiary/aromatic N) is 1. The van der Waals surface area contributed by atoms with E-state index in [1.165, 1.54) is 11.1 Å². The van der Waals surface area contributed by atoms with Crippen molar-refractivity contribution in [3.05, 3.63) is 53.1 Å². The smallest absolute Gasteiger partial charge is 0.240 e. The van der Waals surface area contributed by atoms with Gasteiger partial charge in [-0.25, -0.2) is 5.43 Å². The summed E-state index contributed by atoms with van der Waals surface area (Å²) in [6.07, 6.45) is 4.63. The van der Waals surface area contributed by atoms with Gasteiger partial charge in [-0.2, -0.15) is 5.10 Å². The van der Waals surface area contributed by atoms with Gasteiger partial charge < -0.3 is 14.2 Å². The Bertz CT molecular complexity index is 1030. The van der Waals surface area contributed by atoms with Gasteiger partial charge in [-0.05, 0) is 65.5 Å². The van der Waals surface area contributed by atoms with E-state index in [0.29, 0.717) is 25.2 Å². The van der Waals surface area contributed by atoms with Gasteiger partial charge in [-0.15, -0.1) is 0 Å². The van der Waals surface area contributed by atoms with Crippen LogP contribution in [-0.2, 0) is 15.6 Å². The molecule has 0 unspecified atom stereocenters. The van der Waals surface area contributed by atoms with E-state index in [0.717, 1.165) is 29.9 Å². The van der Waals surface area contributed by atoms with Crippen molar-refractivity contribution in [2.75, 3.05) is 13.4 Å². The summed E-state index contributed by atoms with van der Waals surface area (Å²) in [6, 6.07) is 12.1. The topological polar surface area (TPSA) is 69.2 Å². The molecule has 0 aromatic heterocycles. The predicted octanol–water partition coefficient (Wildman–Crippen LogP) is 6.10. The molecule has 6 nitrogen and oxygen atoms in total. The van der Waals surface area contributed by atoms with E-state index >= 15 is 0 Å². The maximum absolute atomic E-state index is 12.2. The van der Waals surface area contributed by atoms with Gasteiger partial charge in [0, 0.05) is 12.0 Å². The van der Waals surface area contributed by atoms with E-state index in [2.05, 4.69) is 70.3 Å². The van der Waals surface area contributed by atoms with Crippen molar-refractivity contribution >= 4 is 12.1 Å². The number of nitrogens with one attached hydrogen (secondary N) is 1. The van der Waals surface area contributed by atoms with Crippen LogP contribution >= 0.6 is 0 Å². The summed E-state index contributed by atoms with van der Waals surface area (Å²) in [6.45, 7) is 14.2. The van der Waals surface area contributed by atoms with Gasteiger partial charge in [0.2, 0.25) is 12.7 Å². The molecule has 1 heterocycles. The second-order valence-corrected chi connectivity index (χ2v) is 10.0. The lowest BCUT2D eigenvalue weighted by Gasteiger charge is -2.30. The van der Waals surface area contributed by atoms with Crippen LogP contribution in [0.5, 0.6) is 17.2 Å². The molecular formula is C28H38N2O4. The molecule has 1 aliphatic heterocycles. The number of carbonyl (C=O) groups is 1. The molecule has 0 bridgehead atoms. The third-order valence-electron chi connectivity index (χ3n) is 6.86. The number of carbonyl (C=O) groups excluding carboxylic acids is 1. The Morgan fingerprint density at radius 2 is 1.76 bits per heavy atom. The highest BCUT2D eigenvalue weighted by Crippen LogP contribution is 2.38. The van der Waals surface area contributed by atoms with Crippen molar-refractivity contribution in [2.45, 2.75) is 78.1 Å². The molecule has 0 aliphatic carbocycles. The summed E-state index contributed by atoms with van der Waals surface area (Å²) >= 11 is 0. The van der Waals surface area contributed by atoms with Gasteiger partial charge in [0.25, 0.3) is 0 Å². The molecule has 0 spiro atoms. The molecule has 1 amide bonds. The van der Waals surface area contributed by atoms with Gasteiger partial charge >= 0.3 is 0 Å². The fourth-order valence-electron chi connectivity index (χ4n) is 3.64. The molecule has 0 fully saturated rings. The summed E-state index contributed by atoms with van der Waals surface area (Å²) in [7, 11) is 0. The van der Waals surface area contributed by atoms with E-state index < -0.39 is 0 Å². The molecule has 184 valence electrons. The molecule has 2 aromatic rings. The second kappa shape index (κ2) is 10.9. The van der Waals surface area contributed by atoms with Crippen LogP contribution < -0.4 is 19.6 Å². The van der Waals surface area contributed by atoms with Crippen molar-refractivity contribution in [1.82, 2.24) is 5.43 Å². The normalized spacial score (nSPS) is 13.4. The van der Waals surface area contributed by atoms with Crippen LogP contribution in [0, 0.1) is 0 Å². The molecule has 0 radical (unpaired) electrons. The molecular weight excluding hydrogens is 428 g/mol. The van der Waals surface area contributed by atoms with Crippen LogP contribution in [0.15, 0.2) is 41.5 Å². The van der Waals surface area contributed by atoms with E-state index in [-0.39, 0.29) is 23.5 Å². The summed E-state index contributed by atoms with van der Waals surface area (Å²) < 4.78 is 16.8. The van der Waals surface area contributed by atoms with Crippen LogP contribution in [0.1, 0.15) is 83.9 Å². The molecule has 0 saturated heterocycles. The Hall–Kier alpha value is -3.02. The molecule has 34 heavy (non-hydrogen) atoms. The van der Waals surface area contributed by atoms with Crippen molar-refractivity contribution in [2.24, 2.45) is 5.10 Å². The van der Waals surface area contributed by atoms with Gasteiger partial charge in [-0.3, -0.25) is 4.79 Å². The van der Waals surface area contributed by atoms with Crippen LogP contribution in [0.2, 0.25) is 0 Å². The SMILES string of the molecule is CCC(C)(C)c1ccc(OCCCC(=O)N/N=C/c2ccc3c(c2)OCO3)c(C(C)(C)CC)c1. The van der Waals surface area contributed by atoms with Gasteiger partial charge in [-0.1, -0.05) is 53.7 Å². The van der Waals surface area contributed by atoms with Crippen molar-refractivity contribution in [3.63, 3.8) is 0 Å². The highest BCUT2D eigenvalue weighted by atomic mass is 16.7. The first-order valence-corrected chi connectivity index (χ1v) is 12.2. The Balaban J connectivity index is 1.52. The second-order valence-electron chi connectivity index (χ2n) is 10.0. The monoisotopic (exact) mass is 466 g/mol. The zero-order valence-corrected chi connectivity index (χ0v) is 21.4. The predicted molar refractivity (Wildman–Crippen MR) is 136 cm³/mol. The third kappa shape index (κ3) is 6.31. The van der Waals surface area contributed by atoms with E-state index in [9.17, 15) is 4.79 Å². The van der Waals surface area contributed by atoms with Gasteiger partial charge in [0.05, 0.1) is 12.8 Å². The zero-order chi connectivity index (χ0) is 24.8. The first-order chi connectivity index (χ1) is 16.2. The fraction of sp³-hybridized carbons (Fsp3) is 0.500. The van der Waals surface area contributed by atoms with Gasteiger partial charge in [0.1, 0.15) is 5.75 Å².